The standard InChI is InChI=1S/C18H23N3/c1-3-5-16-20-17(18(19)21(16)12-4-2)15-10-8-14(9-11-15)13-6-7-13/h4,8-11,13H,2-3,5-7,12,19H2,1H3. The highest BCUT2D eigenvalue weighted by atomic mass is 15.1. The van der Waals surface area contributed by atoms with Gasteiger partial charge in [-0.15, -0.1) is 6.58 Å². The molecule has 110 valence electrons. The van der Waals surface area contributed by atoms with E-state index in [0.717, 1.165) is 41.7 Å². The van der Waals surface area contributed by atoms with E-state index in [1.165, 1.54) is 18.4 Å². The quantitative estimate of drug-likeness (QED) is 0.808. The lowest BCUT2D eigenvalue weighted by molar-refractivity contribution is 0.724. The molecule has 1 saturated carbocycles. The number of benzene rings is 1. The van der Waals surface area contributed by atoms with Crippen LogP contribution in [-0.4, -0.2) is 9.55 Å². The third kappa shape index (κ3) is 2.73. The number of allylic oxidation sites excluding steroid dienone is 1. The Kier molecular flexibility index (Phi) is 3.82. The largest absolute Gasteiger partial charge is 0.383 e. The maximum atomic E-state index is 6.32. The molecule has 0 unspecified atom stereocenters. The molecule has 1 aromatic carbocycles. The lowest BCUT2D eigenvalue weighted by Gasteiger charge is -2.06. The predicted octanol–water partition coefficient (Wildman–Crippen LogP) is 4.15. The average molecular weight is 281 g/mol. The van der Waals surface area contributed by atoms with Crippen molar-refractivity contribution in [1.29, 1.82) is 0 Å². The number of anilines is 1. The second-order valence-electron chi connectivity index (χ2n) is 5.81. The predicted molar refractivity (Wildman–Crippen MR) is 88.2 cm³/mol. The molecule has 3 rings (SSSR count). The molecule has 1 aliphatic rings. The van der Waals surface area contributed by atoms with Gasteiger partial charge >= 0.3 is 0 Å². The molecule has 1 aliphatic carbocycles. The van der Waals surface area contributed by atoms with Crippen LogP contribution < -0.4 is 5.73 Å². The van der Waals surface area contributed by atoms with E-state index in [9.17, 15) is 0 Å². The van der Waals surface area contributed by atoms with Crippen LogP contribution in [-0.2, 0) is 13.0 Å². The van der Waals surface area contributed by atoms with Crippen LogP contribution in [0.25, 0.3) is 11.3 Å². The Morgan fingerprint density at radius 1 is 1.33 bits per heavy atom. The first kappa shape index (κ1) is 13.9. The van der Waals surface area contributed by atoms with Crippen molar-refractivity contribution in [3.8, 4) is 11.3 Å². The minimum Gasteiger partial charge on any atom is -0.383 e. The van der Waals surface area contributed by atoms with Crippen molar-refractivity contribution in [3.63, 3.8) is 0 Å². The summed E-state index contributed by atoms with van der Waals surface area (Å²) in [7, 11) is 0. The second-order valence-corrected chi connectivity index (χ2v) is 5.81. The van der Waals surface area contributed by atoms with Gasteiger partial charge in [-0.25, -0.2) is 4.98 Å². The van der Waals surface area contributed by atoms with Gasteiger partial charge < -0.3 is 10.3 Å². The van der Waals surface area contributed by atoms with Gasteiger partial charge in [-0.2, -0.15) is 0 Å². The number of rotatable bonds is 6. The first-order chi connectivity index (χ1) is 10.2. The fraction of sp³-hybridized carbons (Fsp3) is 0.389. The minimum absolute atomic E-state index is 0.717. The number of hydrogen-bond donors (Lipinski definition) is 1. The molecule has 0 radical (unpaired) electrons. The molecule has 0 atom stereocenters. The van der Waals surface area contributed by atoms with Gasteiger partial charge in [0.2, 0.25) is 0 Å². The van der Waals surface area contributed by atoms with E-state index in [4.69, 9.17) is 10.7 Å². The van der Waals surface area contributed by atoms with Crippen LogP contribution in [0.3, 0.4) is 0 Å². The highest BCUT2D eigenvalue weighted by Gasteiger charge is 2.23. The number of aromatic nitrogens is 2. The second kappa shape index (κ2) is 5.76. The maximum Gasteiger partial charge on any atom is 0.132 e. The third-order valence-corrected chi connectivity index (χ3v) is 4.10. The zero-order valence-electron chi connectivity index (χ0n) is 12.7. The normalized spacial score (nSPS) is 14.3. The van der Waals surface area contributed by atoms with E-state index in [1.807, 2.05) is 6.08 Å². The molecule has 0 amide bonds. The molecular formula is C18H23N3. The van der Waals surface area contributed by atoms with E-state index in [1.54, 1.807) is 0 Å². The van der Waals surface area contributed by atoms with E-state index in [2.05, 4.69) is 42.3 Å². The van der Waals surface area contributed by atoms with Gasteiger partial charge in [-0.05, 0) is 30.7 Å². The molecule has 3 nitrogen and oxygen atoms in total. The van der Waals surface area contributed by atoms with Crippen molar-refractivity contribution in [3.05, 3.63) is 48.3 Å². The zero-order chi connectivity index (χ0) is 14.8. The molecule has 0 bridgehead atoms. The van der Waals surface area contributed by atoms with Gasteiger partial charge in [-0.1, -0.05) is 37.3 Å². The summed E-state index contributed by atoms with van der Waals surface area (Å²) in [5.41, 5.74) is 9.77. The number of imidazole rings is 1. The summed E-state index contributed by atoms with van der Waals surface area (Å²) in [6.07, 6.45) is 6.54. The van der Waals surface area contributed by atoms with Crippen LogP contribution in [0.1, 0.15) is 43.5 Å². The van der Waals surface area contributed by atoms with E-state index >= 15 is 0 Å². The SMILES string of the molecule is C=CCn1c(CCC)nc(-c2ccc(C3CC3)cc2)c1N. The Morgan fingerprint density at radius 2 is 2.05 bits per heavy atom. The van der Waals surface area contributed by atoms with Crippen LogP contribution in [0.4, 0.5) is 5.82 Å². The Bertz CT molecular complexity index is 633. The molecule has 1 aromatic heterocycles. The first-order valence-corrected chi connectivity index (χ1v) is 7.80. The lowest BCUT2D eigenvalue weighted by Crippen LogP contribution is -2.05. The summed E-state index contributed by atoms with van der Waals surface area (Å²) in [5.74, 6) is 2.58. The van der Waals surface area contributed by atoms with E-state index in [0.29, 0.717) is 6.54 Å². The molecule has 3 heteroatoms. The van der Waals surface area contributed by atoms with Crippen LogP contribution in [0.2, 0.25) is 0 Å². The molecule has 21 heavy (non-hydrogen) atoms. The van der Waals surface area contributed by atoms with Gasteiger partial charge in [0.25, 0.3) is 0 Å². The molecule has 0 aliphatic heterocycles. The van der Waals surface area contributed by atoms with Crippen molar-refractivity contribution in [2.75, 3.05) is 5.73 Å². The van der Waals surface area contributed by atoms with Gasteiger partial charge in [0.1, 0.15) is 17.3 Å². The highest BCUT2D eigenvalue weighted by molar-refractivity contribution is 5.71. The van der Waals surface area contributed by atoms with Crippen molar-refractivity contribution >= 4 is 5.82 Å². The molecular weight excluding hydrogens is 258 g/mol. The van der Waals surface area contributed by atoms with E-state index in [-0.39, 0.29) is 0 Å². The summed E-state index contributed by atoms with van der Waals surface area (Å²) in [6.45, 7) is 6.69. The monoisotopic (exact) mass is 281 g/mol. The zero-order valence-corrected chi connectivity index (χ0v) is 12.7. The maximum absolute atomic E-state index is 6.32. The van der Waals surface area contributed by atoms with Crippen LogP contribution in [0, 0.1) is 0 Å². The summed E-state index contributed by atoms with van der Waals surface area (Å²) in [5, 5.41) is 0. The Morgan fingerprint density at radius 3 is 2.62 bits per heavy atom. The van der Waals surface area contributed by atoms with Gasteiger partial charge in [0.05, 0.1) is 0 Å². The van der Waals surface area contributed by atoms with Crippen LogP contribution >= 0.6 is 0 Å². The van der Waals surface area contributed by atoms with E-state index < -0.39 is 0 Å². The molecule has 0 spiro atoms. The third-order valence-electron chi connectivity index (χ3n) is 4.10. The Labute approximate surface area is 126 Å². The summed E-state index contributed by atoms with van der Waals surface area (Å²) >= 11 is 0. The fourth-order valence-corrected chi connectivity index (χ4v) is 2.80. The number of aryl methyl sites for hydroxylation is 1. The van der Waals surface area contributed by atoms with Crippen molar-refractivity contribution < 1.29 is 0 Å². The van der Waals surface area contributed by atoms with Crippen LogP contribution in [0.5, 0.6) is 0 Å². The summed E-state index contributed by atoms with van der Waals surface area (Å²) in [6, 6.07) is 8.75. The van der Waals surface area contributed by atoms with Crippen molar-refractivity contribution in [2.24, 2.45) is 0 Å². The van der Waals surface area contributed by atoms with Crippen molar-refractivity contribution in [2.45, 2.75) is 45.1 Å². The minimum atomic E-state index is 0.717. The highest BCUT2D eigenvalue weighted by Crippen LogP contribution is 2.40. The van der Waals surface area contributed by atoms with Crippen LogP contribution in [0.15, 0.2) is 36.9 Å². The van der Waals surface area contributed by atoms with Gasteiger partial charge in [-0.3, -0.25) is 0 Å². The van der Waals surface area contributed by atoms with Gasteiger partial charge in [0.15, 0.2) is 0 Å². The molecule has 2 aromatic rings. The Balaban J connectivity index is 1.96. The fourth-order valence-electron chi connectivity index (χ4n) is 2.80. The smallest absolute Gasteiger partial charge is 0.132 e. The van der Waals surface area contributed by atoms with Gasteiger partial charge in [0, 0.05) is 18.5 Å². The lowest BCUT2D eigenvalue weighted by atomic mass is 10.1. The number of nitrogens with zero attached hydrogens (tertiary/aromatic N) is 2. The molecule has 1 fully saturated rings. The molecule has 2 N–H and O–H groups in total. The van der Waals surface area contributed by atoms with Crippen molar-refractivity contribution in [1.82, 2.24) is 9.55 Å². The first-order valence-electron chi connectivity index (χ1n) is 7.80. The molecule has 1 heterocycles. The Hall–Kier alpha value is -2.03. The molecule has 0 saturated heterocycles. The summed E-state index contributed by atoms with van der Waals surface area (Å²) in [4.78, 5) is 4.77. The number of nitrogen functional groups attached to an aromatic ring is 1. The topological polar surface area (TPSA) is 43.8 Å². The number of nitrogens with two attached hydrogens (primary N) is 1. The average Bonchev–Trinajstić information content (AvgIpc) is 3.30. The number of hydrogen-bond acceptors (Lipinski definition) is 2. The summed E-state index contributed by atoms with van der Waals surface area (Å²) < 4.78 is 2.07.